The summed E-state index contributed by atoms with van der Waals surface area (Å²) in [6, 6.07) is 0. The lowest BCUT2D eigenvalue weighted by atomic mass is 10.6. The molecule has 0 bridgehead atoms. The smallest absolute Gasteiger partial charge is 0.390 e. The first-order chi connectivity index (χ1) is 5.59. The molecular formula is C6H18O5Si2. The Hall–Kier alpha value is 0.234. The van der Waals surface area contributed by atoms with E-state index in [0.717, 1.165) is 0 Å². The molecule has 0 unspecified atom stereocenters. The quantitative estimate of drug-likeness (QED) is 0.493. The second kappa shape index (κ2) is 4.17. The number of rotatable bonds is 4. The summed E-state index contributed by atoms with van der Waals surface area (Å²) in [5.74, 6) is 0. The molecule has 0 aliphatic carbocycles. The summed E-state index contributed by atoms with van der Waals surface area (Å²) in [7, 11) is -7.83. The summed E-state index contributed by atoms with van der Waals surface area (Å²) < 4.78 is 4.65. The minimum atomic E-state index is -3.92. The Morgan fingerprint density at radius 2 is 1.00 bits per heavy atom. The molecule has 80 valence electrons. The van der Waals surface area contributed by atoms with Gasteiger partial charge in [-0.05, 0) is 0 Å². The Kier molecular flexibility index (Phi) is 4.25. The molecular weight excluding hydrogens is 208 g/mol. The standard InChI is InChI=1S/C6H18O5Si2/c1-5(2)12(7,8)11-13(9,10)6(3)4/h5-10H,1-4H3. The molecule has 0 atom stereocenters. The largest absolute Gasteiger partial charge is 0.490 e. The summed E-state index contributed by atoms with van der Waals surface area (Å²) in [4.78, 5) is 37.5. The first kappa shape index (κ1) is 13.2. The molecule has 0 fully saturated rings. The lowest BCUT2D eigenvalue weighted by Gasteiger charge is -2.30. The van der Waals surface area contributed by atoms with E-state index in [-0.39, 0.29) is 0 Å². The molecule has 0 aliphatic heterocycles. The Morgan fingerprint density at radius 3 is 1.15 bits per heavy atom. The van der Waals surface area contributed by atoms with Crippen molar-refractivity contribution in [3.63, 3.8) is 0 Å². The molecule has 0 amide bonds. The molecule has 0 radical (unpaired) electrons. The van der Waals surface area contributed by atoms with E-state index in [0.29, 0.717) is 0 Å². The van der Waals surface area contributed by atoms with E-state index in [1.807, 2.05) is 0 Å². The van der Waals surface area contributed by atoms with E-state index < -0.39 is 28.7 Å². The van der Waals surface area contributed by atoms with Crippen molar-refractivity contribution in [2.75, 3.05) is 0 Å². The normalized spacial score (nSPS) is 14.3. The van der Waals surface area contributed by atoms with Crippen molar-refractivity contribution in [2.45, 2.75) is 38.8 Å². The van der Waals surface area contributed by atoms with Gasteiger partial charge in [0, 0.05) is 11.1 Å². The lowest BCUT2D eigenvalue weighted by molar-refractivity contribution is 0.141. The highest BCUT2D eigenvalue weighted by molar-refractivity contribution is 6.73. The second-order valence-corrected chi connectivity index (χ2v) is 9.49. The minimum absolute atomic E-state index is 0.488. The van der Waals surface area contributed by atoms with Crippen molar-refractivity contribution in [1.82, 2.24) is 0 Å². The van der Waals surface area contributed by atoms with Gasteiger partial charge in [-0.3, -0.25) is 0 Å². The molecule has 0 rings (SSSR count). The fourth-order valence-electron chi connectivity index (χ4n) is 0.457. The van der Waals surface area contributed by atoms with Crippen molar-refractivity contribution in [3.05, 3.63) is 0 Å². The van der Waals surface area contributed by atoms with E-state index in [9.17, 15) is 19.2 Å². The number of hydrogen-bond acceptors (Lipinski definition) is 5. The molecule has 0 aliphatic rings. The van der Waals surface area contributed by atoms with Gasteiger partial charge in [-0.2, -0.15) is 0 Å². The van der Waals surface area contributed by atoms with Crippen LogP contribution in [0.4, 0.5) is 0 Å². The third-order valence-electron chi connectivity index (χ3n) is 1.80. The predicted molar refractivity (Wildman–Crippen MR) is 51.7 cm³/mol. The summed E-state index contributed by atoms with van der Waals surface area (Å²) in [6.45, 7) is 6.27. The molecule has 0 aromatic heterocycles. The highest BCUT2D eigenvalue weighted by atomic mass is 28.5. The van der Waals surface area contributed by atoms with Crippen LogP contribution in [0.15, 0.2) is 0 Å². The monoisotopic (exact) mass is 226 g/mol. The molecule has 0 aromatic carbocycles. The first-order valence-corrected chi connectivity index (χ1v) is 7.95. The number of hydrogen-bond donors (Lipinski definition) is 4. The van der Waals surface area contributed by atoms with Crippen LogP contribution in [-0.2, 0) is 4.12 Å². The SMILES string of the molecule is CC(C)[Si](O)(O)O[Si](O)(O)C(C)C. The van der Waals surface area contributed by atoms with Crippen LogP contribution in [0.2, 0.25) is 11.1 Å². The third-order valence-corrected chi connectivity index (χ3v) is 7.22. The predicted octanol–water partition coefficient (Wildman–Crippen LogP) is -0.330. The van der Waals surface area contributed by atoms with Gasteiger partial charge in [-0.15, -0.1) is 0 Å². The van der Waals surface area contributed by atoms with Gasteiger partial charge >= 0.3 is 17.6 Å². The van der Waals surface area contributed by atoms with E-state index in [2.05, 4.69) is 4.12 Å². The third kappa shape index (κ3) is 3.85. The van der Waals surface area contributed by atoms with Gasteiger partial charge in [-0.25, -0.2) is 0 Å². The van der Waals surface area contributed by atoms with E-state index in [1.54, 1.807) is 27.7 Å². The molecule has 13 heavy (non-hydrogen) atoms. The first-order valence-electron chi connectivity index (χ1n) is 4.19. The molecule has 0 aromatic rings. The average molecular weight is 226 g/mol. The molecule has 0 saturated carbocycles. The van der Waals surface area contributed by atoms with E-state index >= 15 is 0 Å². The van der Waals surface area contributed by atoms with Crippen LogP contribution in [0.25, 0.3) is 0 Å². The van der Waals surface area contributed by atoms with Gasteiger partial charge in [0.25, 0.3) is 0 Å². The fourth-order valence-corrected chi connectivity index (χ4v) is 4.11. The highest BCUT2D eigenvalue weighted by Gasteiger charge is 2.49. The van der Waals surface area contributed by atoms with Crippen molar-refractivity contribution in [2.24, 2.45) is 0 Å². The lowest BCUT2D eigenvalue weighted by Crippen LogP contribution is -2.56. The zero-order valence-corrected chi connectivity index (χ0v) is 10.4. The van der Waals surface area contributed by atoms with Crippen molar-refractivity contribution in [1.29, 1.82) is 0 Å². The highest BCUT2D eigenvalue weighted by Crippen LogP contribution is 2.24. The Morgan fingerprint density at radius 1 is 0.769 bits per heavy atom. The maximum atomic E-state index is 9.36. The van der Waals surface area contributed by atoms with Gasteiger partial charge < -0.3 is 23.3 Å². The van der Waals surface area contributed by atoms with Crippen LogP contribution in [0.3, 0.4) is 0 Å². The molecule has 7 heteroatoms. The molecule has 0 spiro atoms. The average Bonchev–Trinajstić information content (AvgIpc) is 1.83. The molecule has 0 saturated heterocycles. The summed E-state index contributed by atoms with van der Waals surface area (Å²) in [5, 5.41) is 0. The maximum Gasteiger partial charge on any atom is 0.490 e. The molecule has 4 N–H and O–H groups in total. The fraction of sp³-hybridized carbons (Fsp3) is 1.00. The van der Waals surface area contributed by atoms with Crippen LogP contribution < -0.4 is 0 Å². The Bertz CT molecular complexity index is 150. The zero-order valence-electron chi connectivity index (χ0n) is 8.35. The summed E-state index contributed by atoms with van der Waals surface area (Å²) >= 11 is 0. The summed E-state index contributed by atoms with van der Waals surface area (Å²) in [6.07, 6.45) is 0. The van der Waals surface area contributed by atoms with Gasteiger partial charge in [0.2, 0.25) is 0 Å². The maximum absolute atomic E-state index is 9.36. The van der Waals surface area contributed by atoms with Crippen LogP contribution in [0, 0.1) is 0 Å². The minimum Gasteiger partial charge on any atom is -0.390 e. The Balaban J connectivity index is 4.42. The van der Waals surface area contributed by atoms with Gasteiger partial charge in [0.05, 0.1) is 0 Å². The van der Waals surface area contributed by atoms with E-state index in [1.165, 1.54) is 0 Å². The van der Waals surface area contributed by atoms with Crippen LogP contribution in [0.1, 0.15) is 27.7 Å². The van der Waals surface area contributed by atoms with Gasteiger partial charge in [-0.1, -0.05) is 27.7 Å². The van der Waals surface area contributed by atoms with Crippen LogP contribution in [0.5, 0.6) is 0 Å². The topological polar surface area (TPSA) is 90.2 Å². The van der Waals surface area contributed by atoms with E-state index in [4.69, 9.17) is 0 Å². The molecule has 5 nitrogen and oxygen atoms in total. The van der Waals surface area contributed by atoms with Crippen LogP contribution >= 0.6 is 0 Å². The second-order valence-electron chi connectivity index (χ2n) is 3.73. The van der Waals surface area contributed by atoms with Crippen molar-refractivity contribution in [3.8, 4) is 0 Å². The molecule has 0 heterocycles. The summed E-state index contributed by atoms with van der Waals surface area (Å²) in [5.41, 5.74) is -0.977. The Labute approximate surface area is 80.4 Å². The van der Waals surface area contributed by atoms with Crippen molar-refractivity contribution >= 4 is 17.6 Å². The van der Waals surface area contributed by atoms with Gasteiger partial charge in [0.15, 0.2) is 0 Å². The van der Waals surface area contributed by atoms with Crippen molar-refractivity contribution < 1.29 is 23.3 Å². The zero-order chi connectivity index (χ0) is 10.9. The van der Waals surface area contributed by atoms with Gasteiger partial charge in [0.1, 0.15) is 0 Å². The van der Waals surface area contributed by atoms with Crippen LogP contribution in [-0.4, -0.2) is 36.8 Å².